The van der Waals surface area contributed by atoms with E-state index < -0.39 is 0 Å². The van der Waals surface area contributed by atoms with Crippen LogP contribution in [0.4, 0.5) is 0 Å². The van der Waals surface area contributed by atoms with Crippen molar-refractivity contribution in [2.45, 2.75) is 46.0 Å². The monoisotopic (exact) mass is 274 g/mol. The van der Waals surface area contributed by atoms with Crippen molar-refractivity contribution >= 4 is 5.97 Å². The zero-order valence-corrected chi connectivity index (χ0v) is 12.7. The van der Waals surface area contributed by atoms with Crippen molar-refractivity contribution in [3.05, 3.63) is 12.2 Å². The summed E-state index contributed by atoms with van der Waals surface area (Å²) in [7, 11) is 0. The van der Waals surface area contributed by atoms with Gasteiger partial charge in [-0.25, -0.2) is 4.79 Å². The fourth-order valence-electron chi connectivity index (χ4n) is 4.27. The quantitative estimate of drug-likeness (QED) is 0.444. The van der Waals surface area contributed by atoms with Crippen molar-refractivity contribution in [3.8, 4) is 12.3 Å². The van der Waals surface area contributed by atoms with Gasteiger partial charge in [0.15, 0.2) is 6.61 Å². The Balaban J connectivity index is 2.08. The molecule has 20 heavy (non-hydrogen) atoms. The van der Waals surface area contributed by atoms with Gasteiger partial charge in [-0.1, -0.05) is 32.8 Å². The maximum absolute atomic E-state index is 12.0. The van der Waals surface area contributed by atoms with Gasteiger partial charge in [0.25, 0.3) is 0 Å². The van der Waals surface area contributed by atoms with E-state index in [9.17, 15) is 4.79 Å². The molecule has 0 radical (unpaired) electrons. The van der Waals surface area contributed by atoms with Crippen LogP contribution in [0.1, 0.15) is 46.0 Å². The van der Waals surface area contributed by atoms with Crippen LogP contribution in [-0.2, 0) is 9.53 Å². The summed E-state index contributed by atoms with van der Waals surface area (Å²) in [4.78, 5) is 12.0. The minimum absolute atomic E-state index is 0.0471. The minimum atomic E-state index is -0.292. The molecule has 5 atom stereocenters. The highest BCUT2D eigenvalue weighted by atomic mass is 16.5. The van der Waals surface area contributed by atoms with E-state index >= 15 is 0 Å². The lowest BCUT2D eigenvalue weighted by atomic mass is 9.58. The van der Waals surface area contributed by atoms with Gasteiger partial charge in [0.05, 0.1) is 0 Å². The molecule has 0 aliphatic heterocycles. The van der Waals surface area contributed by atoms with E-state index in [1.54, 1.807) is 0 Å². The lowest BCUT2D eigenvalue weighted by Gasteiger charge is -2.47. The van der Waals surface area contributed by atoms with Gasteiger partial charge in [-0.2, -0.15) is 0 Å². The molecule has 0 heterocycles. The van der Waals surface area contributed by atoms with Crippen LogP contribution in [0.15, 0.2) is 12.2 Å². The standard InChI is InChI=1S/C18H26O2/c1-5-10-20-18(19)14(4)16-9-7-13(3)15-8-6-12(2)11-17(15)16/h1,12-13,15-17H,4,6-11H2,2-3H3/t12?,13-,15+,16+,17-/m1/s1. The van der Waals surface area contributed by atoms with Gasteiger partial charge >= 0.3 is 5.97 Å². The average Bonchev–Trinajstić information content (AvgIpc) is 2.44. The zero-order valence-electron chi connectivity index (χ0n) is 12.7. The molecule has 2 nitrogen and oxygen atoms in total. The molecule has 0 saturated heterocycles. The van der Waals surface area contributed by atoms with Crippen LogP contribution in [0.3, 0.4) is 0 Å². The smallest absolute Gasteiger partial charge is 0.334 e. The molecule has 0 bridgehead atoms. The molecular weight excluding hydrogens is 248 g/mol. The van der Waals surface area contributed by atoms with Crippen molar-refractivity contribution in [2.75, 3.05) is 6.61 Å². The van der Waals surface area contributed by atoms with E-state index in [0.717, 1.165) is 24.2 Å². The number of carbonyl (C=O) groups is 1. The molecule has 2 aliphatic rings. The summed E-state index contributed by atoms with van der Waals surface area (Å²) >= 11 is 0. The van der Waals surface area contributed by atoms with Crippen molar-refractivity contribution < 1.29 is 9.53 Å². The summed E-state index contributed by atoms with van der Waals surface area (Å²) in [5, 5.41) is 0. The Labute approximate surface area is 123 Å². The molecule has 2 rings (SSSR count). The van der Waals surface area contributed by atoms with Crippen LogP contribution in [0, 0.1) is 41.9 Å². The van der Waals surface area contributed by atoms with Crippen LogP contribution in [-0.4, -0.2) is 12.6 Å². The maximum atomic E-state index is 12.0. The fourth-order valence-corrected chi connectivity index (χ4v) is 4.27. The molecule has 2 heteroatoms. The van der Waals surface area contributed by atoms with Gasteiger partial charge in [0.2, 0.25) is 0 Å². The third-order valence-electron chi connectivity index (χ3n) is 5.39. The van der Waals surface area contributed by atoms with Gasteiger partial charge in [0, 0.05) is 5.57 Å². The zero-order chi connectivity index (χ0) is 14.7. The van der Waals surface area contributed by atoms with Gasteiger partial charge in [0.1, 0.15) is 0 Å². The van der Waals surface area contributed by atoms with Crippen molar-refractivity contribution in [2.24, 2.45) is 29.6 Å². The van der Waals surface area contributed by atoms with E-state index in [1.165, 1.54) is 25.7 Å². The third kappa shape index (κ3) is 3.08. The lowest BCUT2D eigenvalue weighted by molar-refractivity contribution is -0.139. The molecule has 2 aliphatic carbocycles. The number of esters is 1. The highest BCUT2D eigenvalue weighted by molar-refractivity contribution is 5.88. The number of terminal acetylenes is 1. The summed E-state index contributed by atoms with van der Waals surface area (Å²) in [6, 6.07) is 0. The molecule has 0 N–H and O–H groups in total. The van der Waals surface area contributed by atoms with E-state index in [0.29, 0.717) is 17.4 Å². The largest absolute Gasteiger partial charge is 0.449 e. The fraction of sp³-hybridized carbons (Fsp3) is 0.722. The molecule has 0 spiro atoms. The van der Waals surface area contributed by atoms with Crippen molar-refractivity contribution in [1.29, 1.82) is 0 Å². The summed E-state index contributed by atoms with van der Waals surface area (Å²) in [5.74, 6) is 5.24. The molecule has 2 saturated carbocycles. The number of fused-ring (bicyclic) bond motifs is 1. The number of carbonyl (C=O) groups excluding carboxylic acids is 1. The Morgan fingerprint density at radius 2 is 2.00 bits per heavy atom. The first-order chi connectivity index (χ1) is 9.54. The van der Waals surface area contributed by atoms with Gasteiger partial charge < -0.3 is 4.74 Å². The predicted molar refractivity (Wildman–Crippen MR) is 80.8 cm³/mol. The summed E-state index contributed by atoms with van der Waals surface area (Å²) in [6.45, 7) is 8.77. The third-order valence-corrected chi connectivity index (χ3v) is 5.39. The van der Waals surface area contributed by atoms with Crippen molar-refractivity contribution in [3.63, 3.8) is 0 Å². The first kappa shape index (κ1) is 15.2. The van der Waals surface area contributed by atoms with Crippen LogP contribution < -0.4 is 0 Å². The van der Waals surface area contributed by atoms with Gasteiger partial charge in [-0.05, 0) is 55.3 Å². The van der Waals surface area contributed by atoms with E-state index in [2.05, 4.69) is 26.3 Å². The van der Waals surface area contributed by atoms with Crippen molar-refractivity contribution in [1.82, 2.24) is 0 Å². The minimum Gasteiger partial charge on any atom is -0.449 e. The Kier molecular flexibility index (Phi) is 4.91. The Bertz CT molecular complexity index is 418. The van der Waals surface area contributed by atoms with E-state index in [-0.39, 0.29) is 12.6 Å². The number of hydrogen-bond acceptors (Lipinski definition) is 2. The van der Waals surface area contributed by atoms with E-state index in [1.807, 2.05) is 0 Å². The maximum Gasteiger partial charge on any atom is 0.334 e. The summed E-state index contributed by atoms with van der Waals surface area (Å²) in [6.07, 6.45) is 11.3. The summed E-state index contributed by atoms with van der Waals surface area (Å²) < 4.78 is 5.07. The Morgan fingerprint density at radius 1 is 1.25 bits per heavy atom. The average molecular weight is 274 g/mol. The molecule has 0 aromatic heterocycles. The Hall–Kier alpha value is -1.23. The second kappa shape index (κ2) is 6.48. The molecule has 0 aromatic carbocycles. The number of ether oxygens (including phenoxy) is 1. The molecule has 1 unspecified atom stereocenters. The van der Waals surface area contributed by atoms with Gasteiger partial charge in [-0.15, -0.1) is 6.42 Å². The second-order valence-electron chi connectivity index (χ2n) is 6.71. The SMILES string of the molecule is C#CCOC(=O)C(=C)[C@@H]1CC[C@@H](C)[C@@H]2CCC(C)C[C@H]21. The van der Waals surface area contributed by atoms with Crippen LogP contribution in [0.25, 0.3) is 0 Å². The van der Waals surface area contributed by atoms with E-state index in [4.69, 9.17) is 11.2 Å². The normalized spacial score (nSPS) is 36.5. The second-order valence-corrected chi connectivity index (χ2v) is 6.71. The predicted octanol–water partition coefficient (Wildman–Crippen LogP) is 3.82. The van der Waals surface area contributed by atoms with Crippen LogP contribution in [0.2, 0.25) is 0 Å². The molecular formula is C18H26O2. The molecule has 110 valence electrons. The Morgan fingerprint density at radius 3 is 2.70 bits per heavy atom. The topological polar surface area (TPSA) is 26.3 Å². The highest BCUT2D eigenvalue weighted by Gasteiger charge is 2.42. The summed E-state index contributed by atoms with van der Waals surface area (Å²) in [5.41, 5.74) is 0.649. The van der Waals surface area contributed by atoms with Crippen LogP contribution in [0.5, 0.6) is 0 Å². The molecule has 0 aromatic rings. The first-order valence-corrected chi connectivity index (χ1v) is 7.84. The molecule has 0 amide bonds. The lowest BCUT2D eigenvalue weighted by Crippen LogP contribution is -2.39. The first-order valence-electron chi connectivity index (χ1n) is 7.84. The van der Waals surface area contributed by atoms with Crippen LogP contribution >= 0.6 is 0 Å². The number of hydrogen-bond donors (Lipinski definition) is 0. The molecule has 2 fully saturated rings. The highest BCUT2D eigenvalue weighted by Crippen LogP contribution is 2.50. The van der Waals surface area contributed by atoms with Gasteiger partial charge in [-0.3, -0.25) is 0 Å². The number of rotatable bonds is 3.